The van der Waals surface area contributed by atoms with E-state index in [-0.39, 0.29) is 11.5 Å². The zero-order chi connectivity index (χ0) is 17.1. The zero-order valence-corrected chi connectivity index (χ0v) is 14.3. The summed E-state index contributed by atoms with van der Waals surface area (Å²) in [5.74, 6) is 0.271. The summed E-state index contributed by atoms with van der Waals surface area (Å²) in [7, 11) is 1.83. The summed E-state index contributed by atoms with van der Waals surface area (Å²) in [5.41, 5.74) is 1.24. The average Bonchev–Trinajstić information content (AvgIpc) is 2.94. The van der Waals surface area contributed by atoms with Crippen molar-refractivity contribution in [3.63, 3.8) is 0 Å². The monoisotopic (exact) mass is 361 g/mol. The van der Waals surface area contributed by atoms with Gasteiger partial charge < -0.3 is 4.57 Å². The molecule has 1 heterocycles. The molecule has 0 radical (unpaired) electrons. The summed E-state index contributed by atoms with van der Waals surface area (Å²) in [4.78, 5) is 12.1. The standard InChI is InChI=1S/C17H13ClFN3OS/c1-22-16(11-5-7-13(18)8-6-11)20-21-17(22)24-10-15(23)12-3-2-4-14(19)9-12/h2-9H,10H2,1H3. The second-order valence-electron chi connectivity index (χ2n) is 5.09. The van der Waals surface area contributed by atoms with Crippen molar-refractivity contribution in [1.82, 2.24) is 14.8 Å². The first-order valence-corrected chi connectivity index (χ1v) is 8.48. The lowest BCUT2D eigenvalue weighted by atomic mass is 10.1. The lowest BCUT2D eigenvalue weighted by molar-refractivity contribution is 0.102. The van der Waals surface area contributed by atoms with Crippen LogP contribution >= 0.6 is 23.4 Å². The Morgan fingerprint density at radius 2 is 1.96 bits per heavy atom. The number of thioether (sulfide) groups is 1. The molecule has 0 aliphatic rings. The molecule has 0 unspecified atom stereocenters. The minimum Gasteiger partial charge on any atom is -0.305 e. The van der Waals surface area contributed by atoms with E-state index in [1.165, 1.54) is 30.0 Å². The molecule has 122 valence electrons. The SMILES string of the molecule is Cn1c(SCC(=O)c2cccc(F)c2)nnc1-c1ccc(Cl)cc1. The van der Waals surface area contributed by atoms with Crippen molar-refractivity contribution in [2.24, 2.45) is 7.05 Å². The molecule has 0 aliphatic carbocycles. The van der Waals surface area contributed by atoms with Gasteiger partial charge >= 0.3 is 0 Å². The molecule has 2 aromatic carbocycles. The Kier molecular flexibility index (Phi) is 4.97. The van der Waals surface area contributed by atoms with Gasteiger partial charge in [-0.1, -0.05) is 35.5 Å². The van der Waals surface area contributed by atoms with Crippen molar-refractivity contribution in [2.75, 3.05) is 5.75 Å². The van der Waals surface area contributed by atoms with Gasteiger partial charge in [-0.25, -0.2) is 4.39 Å². The number of carbonyl (C=O) groups excluding carboxylic acids is 1. The lowest BCUT2D eigenvalue weighted by Crippen LogP contribution is -2.04. The summed E-state index contributed by atoms with van der Waals surface area (Å²) < 4.78 is 15.0. The van der Waals surface area contributed by atoms with E-state index in [2.05, 4.69) is 10.2 Å². The fraction of sp³-hybridized carbons (Fsp3) is 0.118. The Morgan fingerprint density at radius 3 is 2.67 bits per heavy atom. The Hall–Kier alpha value is -2.18. The topological polar surface area (TPSA) is 47.8 Å². The van der Waals surface area contributed by atoms with Gasteiger partial charge in [0.2, 0.25) is 0 Å². The second-order valence-corrected chi connectivity index (χ2v) is 6.47. The predicted octanol–water partition coefficient (Wildman–Crippen LogP) is 4.25. The van der Waals surface area contributed by atoms with Crippen LogP contribution < -0.4 is 0 Å². The maximum atomic E-state index is 13.2. The van der Waals surface area contributed by atoms with Gasteiger partial charge in [-0.05, 0) is 36.4 Å². The van der Waals surface area contributed by atoms with Crippen LogP contribution in [0.2, 0.25) is 5.02 Å². The number of halogens is 2. The summed E-state index contributed by atoms with van der Waals surface area (Å²) in [6, 6.07) is 13.0. The molecule has 24 heavy (non-hydrogen) atoms. The highest BCUT2D eigenvalue weighted by Gasteiger charge is 2.14. The van der Waals surface area contributed by atoms with Gasteiger partial charge in [-0.15, -0.1) is 10.2 Å². The Bertz CT molecular complexity index is 880. The molecule has 4 nitrogen and oxygen atoms in total. The molecule has 0 saturated heterocycles. The number of benzene rings is 2. The Labute approximate surface area is 147 Å². The van der Waals surface area contributed by atoms with Crippen molar-refractivity contribution in [3.8, 4) is 11.4 Å². The van der Waals surface area contributed by atoms with Crippen molar-refractivity contribution in [3.05, 3.63) is 64.9 Å². The summed E-state index contributed by atoms with van der Waals surface area (Å²) >= 11 is 7.15. The first-order valence-electron chi connectivity index (χ1n) is 7.11. The highest BCUT2D eigenvalue weighted by atomic mass is 35.5. The number of hydrogen-bond acceptors (Lipinski definition) is 4. The van der Waals surface area contributed by atoms with Crippen LogP contribution in [0.15, 0.2) is 53.7 Å². The van der Waals surface area contributed by atoms with Crippen molar-refractivity contribution in [2.45, 2.75) is 5.16 Å². The second kappa shape index (κ2) is 7.15. The van der Waals surface area contributed by atoms with Crippen LogP contribution in [0.5, 0.6) is 0 Å². The van der Waals surface area contributed by atoms with Crippen LogP contribution in [0, 0.1) is 5.82 Å². The maximum absolute atomic E-state index is 13.2. The zero-order valence-electron chi connectivity index (χ0n) is 12.7. The molecular weight excluding hydrogens is 349 g/mol. The molecule has 0 aliphatic heterocycles. The number of nitrogens with zero attached hydrogens (tertiary/aromatic N) is 3. The summed E-state index contributed by atoms with van der Waals surface area (Å²) in [5, 5.41) is 9.54. The molecule has 3 aromatic rings. The van der Waals surface area contributed by atoms with Gasteiger partial charge in [0.05, 0.1) is 5.75 Å². The van der Waals surface area contributed by atoms with E-state index >= 15 is 0 Å². The minimum absolute atomic E-state index is 0.157. The van der Waals surface area contributed by atoms with Gasteiger partial charge in [0.15, 0.2) is 16.8 Å². The van der Waals surface area contributed by atoms with Gasteiger partial charge in [-0.3, -0.25) is 4.79 Å². The third kappa shape index (κ3) is 3.66. The fourth-order valence-corrected chi connectivity index (χ4v) is 3.10. The van der Waals surface area contributed by atoms with E-state index < -0.39 is 5.82 Å². The highest BCUT2D eigenvalue weighted by molar-refractivity contribution is 7.99. The normalized spacial score (nSPS) is 10.8. The van der Waals surface area contributed by atoms with E-state index in [0.29, 0.717) is 21.6 Å². The number of aromatic nitrogens is 3. The van der Waals surface area contributed by atoms with Gasteiger partial charge in [0.25, 0.3) is 0 Å². The Balaban J connectivity index is 1.72. The molecule has 0 N–H and O–H groups in total. The summed E-state index contributed by atoms with van der Waals surface area (Å²) in [6.45, 7) is 0. The molecular formula is C17H13ClFN3OS. The van der Waals surface area contributed by atoms with E-state index in [1.54, 1.807) is 18.2 Å². The molecule has 1 aromatic heterocycles. The smallest absolute Gasteiger partial charge is 0.191 e. The molecule has 0 fully saturated rings. The maximum Gasteiger partial charge on any atom is 0.191 e. The predicted molar refractivity (Wildman–Crippen MR) is 92.9 cm³/mol. The van der Waals surface area contributed by atoms with Crippen LogP contribution in [-0.4, -0.2) is 26.3 Å². The van der Waals surface area contributed by atoms with E-state index in [4.69, 9.17) is 11.6 Å². The van der Waals surface area contributed by atoms with Crippen LogP contribution in [0.1, 0.15) is 10.4 Å². The van der Waals surface area contributed by atoms with Crippen LogP contribution in [-0.2, 0) is 7.05 Å². The highest BCUT2D eigenvalue weighted by Crippen LogP contribution is 2.24. The fourth-order valence-electron chi connectivity index (χ4n) is 2.17. The number of rotatable bonds is 5. The third-order valence-corrected chi connectivity index (χ3v) is 4.69. The summed E-state index contributed by atoms with van der Waals surface area (Å²) in [6.07, 6.45) is 0. The molecule has 0 spiro atoms. The number of ketones is 1. The molecule has 7 heteroatoms. The van der Waals surface area contributed by atoms with Crippen molar-refractivity contribution in [1.29, 1.82) is 0 Å². The number of carbonyl (C=O) groups is 1. The minimum atomic E-state index is -0.422. The number of hydrogen-bond donors (Lipinski definition) is 0. The quantitative estimate of drug-likeness (QED) is 0.503. The first kappa shape index (κ1) is 16.7. The van der Waals surface area contributed by atoms with Gasteiger partial charge in [-0.2, -0.15) is 0 Å². The molecule has 3 rings (SSSR count). The van der Waals surface area contributed by atoms with Gasteiger partial charge in [0, 0.05) is 23.2 Å². The van der Waals surface area contributed by atoms with Crippen molar-refractivity contribution >= 4 is 29.1 Å². The van der Waals surface area contributed by atoms with Gasteiger partial charge in [0.1, 0.15) is 5.82 Å². The molecule has 0 atom stereocenters. The first-order chi connectivity index (χ1) is 11.5. The molecule has 0 amide bonds. The lowest BCUT2D eigenvalue weighted by Gasteiger charge is -2.04. The van der Waals surface area contributed by atoms with Crippen molar-refractivity contribution < 1.29 is 9.18 Å². The third-order valence-electron chi connectivity index (χ3n) is 3.42. The molecule has 0 bridgehead atoms. The van der Waals surface area contributed by atoms with Crippen LogP contribution in [0.25, 0.3) is 11.4 Å². The molecule has 0 saturated carbocycles. The van der Waals surface area contributed by atoms with Crippen LogP contribution in [0.3, 0.4) is 0 Å². The van der Waals surface area contributed by atoms with E-state index in [0.717, 1.165) is 5.56 Å². The van der Waals surface area contributed by atoms with Crippen LogP contribution in [0.4, 0.5) is 4.39 Å². The van der Waals surface area contributed by atoms with E-state index in [9.17, 15) is 9.18 Å². The number of Topliss-reactive ketones (excluding diaryl/α,β-unsaturated/α-hetero) is 1. The largest absolute Gasteiger partial charge is 0.305 e. The average molecular weight is 362 g/mol. The Morgan fingerprint density at radius 1 is 1.21 bits per heavy atom. The van der Waals surface area contributed by atoms with E-state index in [1.807, 2.05) is 23.7 Å².